The van der Waals surface area contributed by atoms with E-state index in [1.165, 1.54) is 16.9 Å². The molecule has 162 valence electrons. The smallest absolute Gasteiger partial charge is 0.261 e. The summed E-state index contributed by atoms with van der Waals surface area (Å²) in [5.74, 6) is 0.260. The van der Waals surface area contributed by atoms with Crippen LogP contribution in [-0.2, 0) is 11.2 Å². The van der Waals surface area contributed by atoms with Crippen LogP contribution >= 0.6 is 11.3 Å². The number of aryl methyl sites for hydroxylation is 1. The van der Waals surface area contributed by atoms with E-state index in [1.54, 1.807) is 13.2 Å². The first kappa shape index (κ1) is 21.3. The second-order valence-corrected chi connectivity index (χ2v) is 9.17. The number of amides is 2. The third-order valence-electron chi connectivity index (χ3n) is 5.97. The van der Waals surface area contributed by atoms with Crippen LogP contribution in [0, 0.1) is 0 Å². The van der Waals surface area contributed by atoms with Gasteiger partial charge in [0.05, 0.1) is 4.88 Å². The minimum Gasteiger partial charge on any atom is -0.378 e. The third kappa shape index (κ3) is 4.42. The topological polar surface area (TPSA) is 65.5 Å². The number of nitrogens with one attached hydrogen (secondary N) is 1. The molecule has 3 heterocycles. The van der Waals surface area contributed by atoms with Crippen molar-refractivity contribution in [3.8, 4) is 0 Å². The first-order chi connectivity index (χ1) is 15.0. The van der Waals surface area contributed by atoms with Crippen LogP contribution in [0.2, 0.25) is 0 Å². The molecule has 1 saturated heterocycles. The quantitative estimate of drug-likeness (QED) is 0.640. The number of carbonyl (C=O) groups is 2. The Bertz CT molecular complexity index is 1090. The van der Waals surface area contributed by atoms with E-state index in [4.69, 9.17) is 0 Å². The predicted octanol–water partition coefficient (Wildman–Crippen LogP) is 3.67. The lowest BCUT2D eigenvalue weighted by Gasteiger charge is -2.17. The monoisotopic (exact) mass is 436 g/mol. The van der Waals surface area contributed by atoms with Gasteiger partial charge in [-0.05, 0) is 42.2 Å². The molecule has 3 aromatic rings. The zero-order valence-electron chi connectivity index (χ0n) is 18.2. The number of nitrogens with zero attached hydrogens (tertiary/aromatic N) is 3. The highest BCUT2D eigenvalue weighted by Crippen LogP contribution is 2.39. The van der Waals surface area contributed by atoms with Crippen LogP contribution in [0.5, 0.6) is 0 Å². The summed E-state index contributed by atoms with van der Waals surface area (Å²) in [6.07, 6.45) is 3.87. The van der Waals surface area contributed by atoms with E-state index >= 15 is 0 Å². The Hall–Kier alpha value is -2.93. The number of likely N-dealkylation sites (tertiary alicyclic amines) is 1. The Balaban J connectivity index is 1.44. The van der Waals surface area contributed by atoms with Gasteiger partial charge in [0.25, 0.3) is 5.91 Å². The Morgan fingerprint density at radius 1 is 1.23 bits per heavy atom. The second-order valence-electron chi connectivity index (χ2n) is 8.17. The summed E-state index contributed by atoms with van der Waals surface area (Å²) in [4.78, 5) is 35.4. The maximum Gasteiger partial charge on any atom is 0.261 e. The molecular weight excluding hydrogens is 408 g/mol. The number of benzene rings is 1. The molecule has 1 aliphatic heterocycles. The molecule has 0 saturated carbocycles. The van der Waals surface area contributed by atoms with Crippen molar-refractivity contribution in [3.05, 3.63) is 58.6 Å². The van der Waals surface area contributed by atoms with Gasteiger partial charge in [0.1, 0.15) is 4.83 Å². The maximum absolute atomic E-state index is 12.9. The Labute approximate surface area is 186 Å². The normalized spacial score (nSPS) is 16.0. The summed E-state index contributed by atoms with van der Waals surface area (Å²) in [5, 5.41) is 3.78. The van der Waals surface area contributed by atoms with E-state index in [1.807, 2.05) is 31.1 Å². The first-order valence-electron chi connectivity index (χ1n) is 10.6. The zero-order valence-corrected chi connectivity index (χ0v) is 19.0. The average molecular weight is 437 g/mol. The molecule has 6 nitrogen and oxygen atoms in total. The van der Waals surface area contributed by atoms with E-state index in [0.717, 1.165) is 45.7 Å². The van der Waals surface area contributed by atoms with Gasteiger partial charge in [0.15, 0.2) is 0 Å². The summed E-state index contributed by atoms with van der Waals surface area (Å²) >= 11 is 1.43. The molecule has 0 bridgehead atoms. The molecule has 0 spiro atoms. The number of thiophene rings is 1. The number of fused-ring (bicyclic) bond motifs is 1. The number of aromatic nitrogens is 1. The molecular formula is C24H28N4O2S. The van der Waals surface area contributed by atoms with Crippen molar-refractivity contribution in [1.82, 2.24) is 15.2 Å². The molecule has 4 rings (SSSR count). The molecule has 1 aromatic carbocycles. The molecule has 2 amide bonds. The van der Waals surface area contributed by atoms with Crippen LogP contribution in [0.15, 0.2) is 42.6 Å². The number of rotatable bonds is 6. The second kappa shape index (κ2) is 9.06. The number of anilines is 1. The molecule has 0 radical (unpaired) electrons. The van der Waals surface area contributed by atoms with E-state index in [9.17, 15) is 9.59 Å². The SMILES string of the molecule is CNC(=O)c1sc2ncccc2c1[C@@H]1CCN(C(=O)CCc2ccc(N(C)C)cc2)C1. The van der Waals surface area contributed by atoms with Crippen LogP contribution in [0.25, 0.3) is 10.2 Å². The van der Waals surface area contributed by atoms with Crippen molar-refractivity contribution in [2.45, 2.75) is 25.2 Å². The lowest BCUT2D eigenvalue weighted by molar-refractivity contribution is -0.130. The van der Waals surface area contributed by atoms with Crippen molar-refractivity contribution < 1.29 is 9.59 Å². The van der Waals surface area contributed by atoms with Gasteiger partial charge >= 0.3 is 0 Å². The Kier molecular flexibility index (Phi) is 6.23. The third-order valence-corrected chi connectivity index (χ3v) is 7.10. The van der Waals surface area contributed by atoms with Gasteiger partial charge < -0.3 is 15.1 Å². The fourth-order valence-electron chi connectivity index (χ4n) is 4.23. The maximum atomic E-state index is 12.9. The van der Waals surface area contributed by atoms with Crippen LogP contribution in [0.3, 0.4) is 0 Å². The molecule has 7 heteroatoms. The standard InChI is InChI=1S/C24H28N4O2S/c1-25-23(30)22-21(19-5-4-13-26-24(19)31-22)17-12-14-28(15-17)20(29)11-8-16-6-9-18(10-7-16)27(2)3/h4-7,9-10,13,17H,8,11-12,14-15H2,1-3H3,(H,25,30)/t17-/m1/s1. The zero-order chi connectivity index (χ0) is 22.0. The molecule has 0 aliphatic carbocycles. The van der Waals surface area contributed by atoms with Crippen molar-refractivity contribution in [2.24, 2.45) is 0 Å². The van der Waals surface area contributed by atoms with Crippen LogP contribution in [0.1, 0.15) is 39.6 Å². The highest BCUT2D eigenvalue weighted by Gasteiger charge is 2.32. The van der Waals surface area contributed by atoms with Gasteiger partial charge in [0, 0.05) is 63.8 Å². The Morgan fingerprint density at radius 3 is 2.71 bits per heavy atom. The summed E-state index contributed by atoms with van der Waals surface area (Å²) in [7, 11) is 5.69. The molecule has 1 atom stereocenters. The Morgan fingerprint density at radius 2 is 2.00 bits per heavy atom. The summed E-state index contributed by atoms with van der Waals surface area (Å²) in [6.45, 7) is 1.39. The van der Waals surface area contributed by atoms with Crippen LogP contribution < -0.4 is 10.2 Å². The minimum atomic E-state index is -0.0797. The van der Waals surface area contributed by atoms with Gasteiger partial charge in [-0.15, -0.1) is 11.3 Å². The minimum absolute atomic E-state index is 0.0797. The van der Waals surface area contributed by atoms with Gasteiger partial charge in [-0.2, -0.15) is 0 Å². The first-order valence-corrected chi connectivity index (χ1v) is 11.4. The molecule has 31 heavy (non-hydrogen) atoms. The summed E-state index contributed by atoms with van der Waals surface area (Å²) < 4.78 is 0. The van der Waals surface area contributed by atoms with Crippen molar-refractivity contribution in [1.29, 1.82) is 0 Å². The van der Waals surface area contributed by atoms with E-state index in [-0.39, 0.29) is 17.7 Å². The highest BCUT2D eigenvalue weighted by molar-refractivity contribution is 7.20. The molecule has 2 aromatic heterocycles. The van der Waals surface area contributed by atoms with Crippen LogP contribution in [-0.4, -0.2) is 55.9 Å². The van der Waals surface area contributed by atoms with Gasteiger partial charge in [-0.25, -0.2) is 4.98 Å². The molecule has 1 aliphatic rings. The largest absolute Gasteiger partial charge is 0.378 e. The summed E-state index contributed by atoms with van der Waals surface area (Å²) in [6, 6.07) is 12.3. The highest BCUT2D eigenvalue weighted by atomic mass is 32.1. The van der Waals surface area contributed by atoms with Gasteiger partial charge in [-0.3, -0.25) is 9.59 Å². The van der Waals surface area contributed by atoms with E-state index in [2.05, 4.69) is 39.5 Å². The lowest BCUT2D eigenvalue weighted by atomic mass is 9.95. The van der Waals surface area contributed by atoms with E-state index < -0.39 is 0 Å². The fourth-order valence-corrected chi connectivity index (χ4v) is 5.41. The summed E-state index contributed by atoms with van der Waals surface area (Å²) in [5.41, 5.74) is 3.37. The number of hydrogen-bond donors (Lipinski definition) is 1. The number of hydrogen-bond acceptors (Lipinski definition) is 5. The van der Waals surface area contributed by atoms with Gasteiger partial charge in [0.2, 0.25) is 5.91 Å². The molecule has 1 N–H and O–H groups in total. The van der Waals surface area contributed by atoms with Crippen molar-refractivity contribution in [3.63, 3.8) is 0 Å². The molecule has 1 fully saturated rings. The predicted molar refractivity (Wildman–Crippen MR) is 126 cm³/mol. The number of carbonyl (C=O) groups excluding carboxylic acids is 2. The van der Waals surface area contributed by atoms with Crippen molar-refractivity contribution >= 4 is 39.1 Å². The molecule has 0 unspecified atom stereocenters. The number of pyridine rings is 1. The van der Waals surface area contributed by atoms with Crippen LogP contribution in [0.4, 0.5) is 5.69 Å². The lowest BCUT2D eigenvalue weighted by Crippen LogP contribution is -2.28. The van der Waals surface area contributed by atoms with Crippen molar-refractivity contribution in [2.75, 3.05) is 39.1 Å². The fraction of sp³-hybridized carbons (Fsp3) is 0.375. The average Bonchev–Trinajstić information content (AvgIpc) is 3.42. The van der Waals surface area contributed by atoms with E-state index in [0.29, 0.717) is 13.0 Å². The van der Waals surface area contributed by atoms with Gasteiger partial charge in [-0.1, -0.05) is 18.2 Å².